The number of hydrogen-bond donors (Lipinski definition) is 0. The Labute approximate surface area is 122 Å². The molecule has 0 N–H and O–H groups in total. The summed E-state index contributed by atoms with van der Waals surface area (Å²) in [5.74, 6) is 0.115. The largest absolute Gasteiger partial charge is 0.294 e. The molecule has 0 aliphatic carbocycles. The lowest BCUT2D eigenvalue weighted by atomic mass is 10.0. The molecule has 0 spiro atoms. The molecule has 1 aromatic carbocycles. The van der Waals surface area contributed by atoms with Gasteiger partial charge in [-0.15, -0.1) is 0 Å². The quantitative estimate of drug-likeness (QED) is 0.577. The molecule has 0 amide bonds. The van der Waals surface area contributed by atoms with Gasteiger partial charge in [-0.3, -0.25) is 9.78 Å². The molecule has 0 saturated carbocycles. The first-order valence-electron chi connectivity index (χ1n) is 5.04. The maximum absolute atomic E-state index is 12.1. The minimum absolute atomic E-state index is 0.115. The van der Waals surface area contributed by atoms with E-state index in [0.717, 1.165) is 19.2 Å². The summed E-state index contributed by atoms with van der Waals surface area (Å²) >= 11 is 5.56. The second kappa shape index (κ2) is 5.73. The minimum atomic E-state index is 0.115. The number of Topliss-reactive ketones (excluding diaryl/α,β-unsaturated/α-hetero) is 1. The molecule has 1 aromatic heterocycles. The van der Waals surface area contributed by atoms with Crippen LogP contribution in [0.2, 0.25) is 0 Å². The van der Waals surface area contributed by atoms with Crippen molar-refractivity contribution in [1.29, 1.82) is 0 Å². The van der Waals surface area contributed by atoms with Gasteiger partial charge in [-0.05, 0) is 52.4 Å². The number of hydrogen-bond acceptors (Lipinski definition) is 2. The first-order chi connectivity index (χ1) is 8.16. The molecule has 2 rings (SSSR count). The zero-order valence-corrected chi connectivity index (χ0v) is 12.6. The van der Waals surface area contributed by atoms with Crippen molar-refractivity contribution in [2.45, 2.75) is 6.42 Å². The van der Waals surface area contributed by atoms with E-state index in [1.54, 1.807) is 12.4 Å². The summed E-state index contributed by atoms with van der Waals surface area (Å²) in [7, 11) is 0. The maximum Gasteiger partial charge on any atom is 0.168 e. The average molecular weight is 402 g/mol. The van der Waals surface area contributed by atoms with Gasteiger partial charge >= 0.3 is 0 Å². The lowest BCUT2D eigenvalue weighted by molar-refractivity contribution is 0.0992. The lowest BCUT2D eigenvalue weighted by Crippen LogP contribution is -2.05. The Balaban J connectivity index is 2.23. The van der Waals surface area contributed by atoms with Crippen LogP contribution in [-0.4, -0.2) is 10.8 Å². The first kappa shape index (κ1) is 12.7. The highest BCUT2D eigenvalue weighted by Crippen LogP contribution is 2.20. The third kappa shape index (κ3) is 3.35. The topological polar surface area (TPSA) is 30.0 Å². The van der Waals surface area contributed by atoms with Crippen LogP contribution in [0.15, 0.2) is 47.2 Å². The van der Waals surface area contributed by atoms with Crippen LogP contribution < -0.4 is 0 Å². The zero-order chi connectivity index (χ0) is 12.3. The molecule has 0 radical (unpaired) electrons. The smallest absolute Gasteiger partial charge is 0.168 e. The number of rotatable bonds is 3. The van der Waals surface area contributed by atoms with Crippen molar-refractivity contribution in [3.05, 3.63) is 61.9 Å². The summed E-state index contributed by atoms with van der Waals surface area (Å²) in [5, 5.41) is 0. The van der Waals surface area contributed by atoms with E-state index in [0.29, 0.717) is 6.42 Å². The normalized spacial score (nSPS) is 10.2. The van der Waals surface area contributed by atoms with Crippen molar-refractivity contribution in [1.82, 2.24) is 4.98 Å². The van der Waals surface area contributed by atoms with Crippen molar-refractivity contribution in [2.75, 3.05) is 0 Å². The van der Waals surface area contributed by atoms with Crippen LogP contribution in [0.1, 0.15) is 15.9 Å². The van der Waals surface area contributed by atoms with Gasteiger partial charge in [0.05, 0.1) is 0 Å². The number of aromatic nitrogens is 1. The molecule has 4 heteroatoms. The molecule has 0 aliphatic heterocycles. The summed E-state index contributed by atoms with van der Waals surface area (Å²) in [4.78, 5) is 16.1. The van der Waals surface area contributed by atoms with Gasteiger partial charge in [-0.25, -0.2) is 0 Å². The van der Waals surface area contributed by atoms with Crippen LogP contribution in [0.4, 0.5) is 0 Å². The Morgan fingerprint density at radius 1 is 1.35 bits per heavy atom. The summed E-state index contributed by atoms with van der Waals surface area (Å²) in [5.41, 5.74) is 1.69. The number of nitrogens with zero attached hydrogens (tertiary/aromatic N) is 1. The van der Waals surface area contributed by atoms with E-state index in [-0.39, 0.29) is 5.78 Å². The fourth-order valence-electron chi connectivity index (χ4n) is 1.49. The van der Waals surface area contributed by atoms with E-state index >= 15 is 0 Å². The fraction of sp³-hybridized carbons (Fsp3) is 0.0769. The number of halogens is 2. The number of pyridine rings is 1. The molecule has 0 fully saturated rings. The van der Waals surface area contributed by atoms with Crippen molar-refractivity contribution in [3.8, 4) is 0 Å². The highest BCUT2D eigenvalue weighted by Gasteiger charge is 2.11. The fourth-order valence-corrected chi connectivity index (χ4v) is 2.49. The molecule has 0 atom stereocenters. The summed E-state index contributed by atoms with van der Waals surface area (Å²) < 4.78 is 1.90. The summed E-state index contributed by atoms with van der Waals surface area (Å²) in [6.45, 7) is 0. The molecule has 0 unspecified atom stereocenters. The van der Waals surface area contributed by atoms with Gasteiger partial charge in [0.1, 0.15) is 0 Å². The SMILES string of the molecule is O=C(Cc1cccnc1)c1cc(Br)ccc1I. The van der Waals surface area contributed by atoms with E-state index in [2.05, 4.69) is 43.5 Å². The Kier molecular flexibility index (Phi) is 4.28. The molecular weight excluding hydrogens is 393 g/mol. The van der Waals surface area contributed by atoms with E-state index in [1.165, 1.54) is 0 Å². The summed E-state index contributed by atoms with van der Waals surface area (Å²) in [6.07, 6.45) is 3.82. The van der Waals surface area contributed by atoms with Crippen LogP contribution in [0, 0.1) is 3.57 Å². The molecule has 2 aromatic rings. The van der Waals surface area contributed by atoms with Crippen LogP contribution >= 0.6 is 38.5 Å². The zero-order valence-electron chi connectivity index (χ0n) is 8.86. The van der Waals surface area contributed by atoms with Crippen molar-refractivity contribution in [2.24, 2.45) is 0 Å². The van der Waals surface area contributed by atoms with Crippen LogP contribution in [-0.2, 0) is 6.42 Å². The Hall–Kier alpha value is -0.750. The molecule has 2 nitrogen and oxygen atoms in total. The molecule has 0 aliphatic rings. The van der Waals surface area contributed by atoms with Gasteiger partial charge in [-0.2, -0.15) is 0 Å². The average Bonchev–Trinajstić information content (AvgIpc) is 2.33. The molecule has 1 heterocycles. The van der Waals surface area contributed by atoms with Gasteiger partial charge in [0.15, 0.2) is 5.78 Å². The number of carbonyl (C=O) groups excluding carboxylic acids is 1. The number of benzene rings is 1. The Morgan fingerprint density at radius 3 is 2.88 bits per heavy atom. The number of carbonyl (C=O) groups is 1. The molecule has 86 valence electrons. The van der Waals surface area contributed by atoms with Gasteiger partial charge in [0.25, 0.3) is 0 Å². The van der Waals surface area contributed by atoms with E-state index in [4.69, 9.17) is 0 Å². The third-order valence-corrected chi connectivity index (χ3v) is 3.75. The lowest BCUT2D eigenvalue weighted by Gasteiger charge is -2.04. The van der Waals surface area contributed by atoms with Crippen molar-refractivity contribution in [3.63, 3.8) is 0 Å². The number of ketones is 1. The van der Waals surface area contributed by atoms with E-state index < -0.39 is 0 Å². The highest BCUT2D eigenvalue weighted by molar-refractivity contribution is 14.1. The van der Waals surface area contributed by atoms with Crippen molar-refractivity contribution < 1.29 is 4.79 Å². The first-order valence-corrected chi connectivity index (χ1v) is 6.91. The predicted octanol–water partition coefficient (Wildman–Crippen LogP) is 3.87. The second-order valence-electron chi connectivity index (χ2n) is 3.59. The summed E-state index contributed by atoms with van der Waals surface area (Å²) in [6, 6.07) is 9.48. The molecule has 0 bridgehead atoms. The maximum atomic E-state index is 12.1. The second-order valence-corrected chi connectivity index (χ2v) is 5.66. The molecule has 0 saturated heterocycles. The monoisotopic (exact) mass is 401 g/mol. The van der Waals surface area contributed by atoms with Gasteiger partial charge < -0.3 is 0 Å². The van der Waals surface area contributed by atoms with Crippen LogP contribution in [0.3, 0.4) is 0 Å². The Morgan fingerprint density at radius 2 is 2.18 bits per heavy atom. The molecule has 17 heavy (non-hydrogen) atoms. The minimum Gasteiger partial charge on any atom is -0.294 e. The molecular formula is C13H9BrINO. The third-order valence-electron chi connectivity index (χ3n) is 2.32. The van der Waals surface area contributed by atoms with E-state index in [9.17, 15) is 4.79 Å². The van der Waals surface area contributed by atoms with Crippen LogP contribution in [0.5, 0.6) is 0 Å². The predicted molar refractivity (Wildman–Crippen MR) is 79.1 cm³/mol. The van der Waals surface area contributed by atoms with Gasteiger partial charge in [0.2, 0.25) is 0 Å². The van der Waals surface area contributed by atoms with Crippen molar-refractivity contribution >= 4 is 44.3 Å². The van der Waals surface area contributed by atoms with E-state index in [1.807, 2.05) is 30.3 Å². The highest BCUT2D eigenvalue weighted by atomic mass is 127. The standard InChI is InChI=1S/C13H9BrINO/c14-10-3-4-12(15)11(7-10)13(17)6-9-2-1-5-16-8-9/h1-5,7-8H,6H2. The van der Waals surface area contributed by atoms with Gasteiger partial charge in [-0.1, -0.05) is 22.0 Å². The van der Waals surface area contributed by atoms with Crippen LogP contribution in [0.25, 0.3) is 0 Å². The Bertz CT molecular complexity index is 542. The van der Waals surface area contributed by atoms with Gasteiger partial charge in [0, 0.05) is 32.4 Å².